The number of likely N-dealkylation sites (tertiary alicyclic amines) is 1. The molecule has 0 amide bonds. The average molecular weight is 356 g/mol. The Bertz CT molecular complexity index is 661. The lowest BCUT2D eigenvalue weighted by Crippen LogP contribution is -2.29. The van der Waals surface area contributed by atoms with Gasteiger partial charge in [0.2, 0.25) is 0 Å². The lowest BCUT2D eigenvalue weighted by Gasteiger charge is -2.28. The van der Waals surface area contributed by atoms with Crippen molar-refractivity contribution in [2.75, 3.05) is 26.7 Å². The van der Waals surface area contributed by atoms with Crippen molar-refractivity contribution < 1.29 is 4.74 Å². The van der Waals surface area contributed by atoms with E-state index in [4.69, 9.17) is 4.74 Å². The zero-order chi connectivity index (χ0) is 17.9. The van der Waals surface area contributed by atoms with E-state index in [1.54, 1.807) is 0 Å². The lowest BCUT2D eigenvalue weighted by atomic mass is 9.88. The number of rotatable bonds is 5. The van der Waals surface area contributed by atoms with Crippen molar-refractivity contribution in [1.82, 2.24) is 15.1 Å². The van der Waals surface area contributed by atoms with Crippen LogP contribution in [0.2, 0.25) is 0 Å². The van der Waals surface area contributed by atoms with Crippen molar-refractivity contribution in [3.63, 3.8) is 0 Å². The first-order chi connectivity index (χ1) is 12.7. The van der Waals surface area contributed by atoms with E-state index in [1.165, 1.54) is 62.9 Å². The zero-order valence-corrected chi connectivity index (χ0v) is 16.3. The third-order valence-corrected chi connectivity index (χ3v) is 6.52. The molecule has 3 aliphatic rings. The monoisotopic (exact) mass is 355 g/mol. The summed E-state index contributed by atoms with van der Waals surface area (Å²) in [7, 11) is 2.21. The second-order valence-electron chi connectivity index (χ2n) is 8.61. The van der Waals surface area contributed by atoms with Gasteiger partial charge in [0.15, 0.2) is 0 Å². The van der Waals surface area contributed by atoms with Gasteiger partial charge in [0, 0.05) is 18.0 Å². The molecule has 142 valence electrons. The summed E-state index contributed by atoms with van der Waals surface area (Å²) in [5, 5.41) is 7.96. The van der Waals surface area contributed by atoms with Gasteiger partial charge < -0.3 is 9.64 Å². The Labute approximate surface area is 157 Å². The molecular weight excluding hydrogens is 322 g/mol. The van der Waals surface area contributed by atoms with Gasteiger partial charge in [-0.25, -0.2) is 0 Å². The van der Waals surface area contributed by atoms with Gasteiger partial charge in [-0.05, 0) is 75.4 Å². The number of nitrogens with zero attached hydrogens (tertiary/aromatic N) is 2. The van der Waals surface area contributed by atoms with Crippen LogP contribution in [-0.2, 0) is 4.74 Å². The summed E-state index contributed by atoms with van der Waals surface area (Å²) in [5.41, 5.74) is 3.78. The first kappa shape index (κ1) is 17.8. The minimum absolute atomic E-state index is 0.465. The van der Waals surface area contributed by atoms with Crippen molar-refractivity contribution in [3.8, 4) is 0 Å². The van der Waals surface area contributed by atoms with E-state index in [9.17, 15) is 0 Å². The number of aromatic amines is 1. The van der Waals surface area contributed by atoms with Crippen LogP contribution < -0.4 is 0 Å². The molecule has 1 aliphatic heterocycles. The number of piperidine rings is 1. The first-order valence-corrected chi connectivity index (χ1v) is 10.5. The number of hydrogen-bond acceptors (Lipinski definition) is 3. The highest BCUT2D eigenvalue weighted by Crippen LogP contribution is 2.35. The molecule has 0 aromatic carbocycles. The van der Waals surface area contributed by atoms with Crippen LogP contribution in [0.25, 0.3) is 5.57 Å². The number of nitrogens with one attached hydrogen (secondary N) is 1. The van der Waals surface area contributed by atoms with Gasteiger partial charge in [-0.15, -0.1) is 0 Å². The van der Waals surface area contributed by atoms with Crippen LogP contribution in [0, 0.1) is 11.8 Å². The molecule has 1 atom stereocenters. The fourth-order valence-electron chi connectivity index (χ4n) is 4.69. The molecular formula is C22H33N3O. The number of ether oxygens (including phenoxy) is 1. The second-order valence-corrected chi connectivity index (χ2v) is 8.61. The van der Waals surface area contributed by atoms with Crippen molar-refractivity contribution in [3.05, 3.63) is 35.4 Å². The highest BCUT2D eigenvalue weighted by Gasteiger charge is 2.24. The van der Waals surface area contributed by atoms with Crippen LogP contribution in [0.15, 0.2) is 24.0 Å². The topological polar surface area (TPSA) is 41.1 Å². The van der Waals surface area contributed by atoms with E-state index < -0.39 is 0 Å². The molecule has 4 rings (SSSR count). The van der Waals surface area contributed by atoms with Crippen LogP contribution in [0.5, 0.6) is 0 Å². The van der Waals surface area contributed by atoms with Crippen LogP contribution in [0.1, 0.15) is 69.2 Å². The van der Waals surface area contributed by atoms with Crippen molar-refractivity contribution >= 4 is 5.57 Å². The minimum Gasteiger partial charge on any atom is -0.498 e. The first-order valence-electron chi connectivity index (χ1n) is 10.5. The van der Waals surface area contributed by atoms with Crippen LogP contribution >= 0.6 is 0 Å². The summed E-state index contributed by atoms with van der Waals surface area (Å²) in [4.78, 5) is 2.41. The van der Waals surface area contributed by atoms with E-state index in [2.05, 4.69) is 47.3 Å². The Balaban J connectivity index is 1.39. The summed E-state index contributed by atoms with van der Waals surface area (Å²) in [6.07, 6.45) is 13.3. The van der Waals surface area contributed by atoms with Crippen molar-refractivity contribution in [1.29, 1.82) is 0 Å². The summed E-state index contributed by atoms with van der Waals surface area (Å²) >= 11 is 0. The minimum atomic E-state index is 0.465. The van der Waals surface area contributed by atoms with E-state index in [0.717, 1.165) is 30.4 Å². The quantitative estimate of drug-likeness (QED) is 0.830. The maximum absolute atomic E-state index is 6.12. The maximum atomic E-state index is 6.12. The Hall–Kier alpha value is -1.55. The molecule has 2 fully saturated rings. The van der Waals surface area contributed by atoms with E-state index >= 15 is 0 Å². The van der Waals surface area contributed by atoms with Gasteiger partial charge in [0.1, 0.15) is 0 Å². The van der Waals surface area contributed by atoms with Gasteiger partial charge in [-0.2, -0.15) is 5.10 Å². The van der Waals surface area contributed by atoms with Gasteiger partial charge in [0.05, 0.1) is 18.1 Å². The third-order valence-electron chi connectivity index (χ3n) is 6.52. The molecule has 4 nitrogen and oxygen atoms in total. The summed E-state index contributed by atoms with van der Waals surface area (Å²) in [5.74, 6) is 3.03. The summed E-state index contributed by atoms with van der Waals surface area (Å²) in [6, 6.07) is 2.29. The molecule has 1 aromatic heterocycles. The number of hydrogen-bond donors (Lipinski definition) is 1. The molecule has 1 N–H and O–H groups in total. The number of H-pyrrole nitrogens is 1. The Morgan fingerprint density at radius 3 is 2.65 bits per heavy atom. The largest absolute Gasteiger partial charge is 0.498 e. The van der Waals surface area contributed by atoms with Gasteiger partial charge >= 0.3 is 0 Å². The Morgan fingerprint density at radius 1 is 1.15 bits per heavy atom. The predicted molar refractivity (Wildman–Crippen MR) is 106 cm³/mol. The molecule has 26 heavy (non-hydrogen) atoms. The number of aromatic nitrogens is 2. The molecule has 0 bridgehead atoms. The molecule has 0 radical (unpaired) electrons. The Kier molecular flexibility index (Phi) is 5.49. The number of allylic oxidation sites excluding steroid dienone is 4. The molecule has 4 heteroatoms. The molecule has 2 aliphatic carbocycles. The molecule has 1 saturated heterocycles. The fraction of sp³-hybridized carbons (Fsp3) is 0.682. The summed E-state index contributed by atoms with van der Waals surface area (Å²) in [6.45, 7) is 5.57. The van der Waals surface area contributed by atoms with E-state index in [0.29, 0.717) is 11.8 Å². The summed E-state index contributed by atoms with van der Waals surface area (Å²) < 4.78 is 6.12. The third kappa shape index (κ3) is 4.06. The molecule has 0 spiro atoms. The van der Waals surface area contributed by atoms with Gasteiger partial charge in [-0.3, -0.25) is 5.10 Å². The second kappa shape index (κ2) is 7.99. The standard InChI is InChI=1S/C22H33N3O/c1-16-13-19(26-15-17-5-3-4-6-17)7-8-20(16)22-14-21(23-24-22)18-9-11-25(2)12-10-18/h7-8,14,16-18H,3-6,9-13,15H2,1-2H3,(H,23,24). The van der Waals surface area contributed by atoms with Crippen molar-refractivity contribution in [2.24, 2.45) is 11.8 Å². The molecule has 1 saturated carbocycles. The smallest absolute Gasteiger partial charge is 0.0965 e. The maximum Gasteiger partial charge on any atom is 0.0965 e. The normalized spacial score (nSPS) is 26.0. The van der Waals surface area contributed by atoms with E-state index in [-0.39, 0.29) is 0 Å². The van der Waals surface area contributed by atoms with Crippen LogP contribution in [-0.4, -0.2) is 41.8 Å². The van der Waals surface area contributed by atoms with Gasteiger partial charge in [-0.1, -0.05) is 25.8 Å². The molecule has 1 unspecified atom stereocenters. The SMILES string of the molecule is CC1CC(OCC2CCCC2)=CC=C1c1cc(C2CCN(C)CC2)[nH]n1. The fourth-order valence-corrected chi connectivity index (χ4v) is 4.69. The zero-order valence-electron chi connectivity index (χ0n) is 16.3. The molecule has 1 aromatic rings. The Morgan fingerprint density at radius 2 is 1.92 bits per heavy atom. The average Bonchev–Trinajstić information content (AvgIpc) is 3.33. The lowest BCUT2D eigenvalue weighted by molar-refractivity contribution is 0.155. The molecule has 2 heterocycles. The highest BCUT2D eigenvalue weighted by atomic mass is 16.5. The van der Waals surface area contributed by atoms with Crippen LogP contribution in [0.4, 0.5) is 0 Å². The van der Waals surface area contributed by atoms with Gasteiger partial charge in [0.25, 0.3) is 0 Å². The highest BCUT2D eigenvalue weighted by molar-refractivity contribution is 5.68. The van der Waals surface area contributed by atoms with E-state index in [1.807, 2.05) is 0 Å². The predicted octanol–water partition coefficient (Wildman–Crippen LogP) is 4.73. The van der Waals surface area contributed by atoms with Crippen molar-refractivity contribution in [2.45, 2.75) is 57.8 Å². The van der Waals surface area contributed by atoms with Crippen LogP contribution in [0.3, 0.4) is 0 Å².